The molecule has 0 saturated carbocycles. The molecule has 0 aliphatic rings. The molecule has 0 saturated heterocycles. The van der Waals surface area contributed by atoms with Gasteiger partial charge >= 0.3 is 0 Å². The lowest BCUT2D eigenvalue weighted by Crippen LogP contribution is -2.04. The van der Waals surface area contributed by atoms with E-state index in [0.29, 0.717) is 11.8 Å². The molecular weight excluding hydrogens is 142 g/mol. The number of anilines is 1. The van der Waals surface area contributed by atoms with Gasteiger partial charge in [0, 0.05) is 6.07 Å². The third-order valence-corrected chi connectivity index (χ3v) is 1.39. The standard InChI is InChI=1S/C6H7N5/c1-4-9-5-2-3-8-11(5)6(7)10-4/h2-3H,1H3,(H2,7,9,10). The Balaban J connectivity index is 2.91. The van der Waals surface area contributed by atoms with E-state index in [1.165, 1.54) is 4.52 Å². The topological polar surface area (TPSA) is 69.1 Å². The Hall–Kier alpha value is -1.65. The van der Waals surface area contributed by atoms with E-state index in [2.05, 4.69) is 15.1 Å². The fourth-order valence-electron chi connectivity index (χ4n) is 0.961. The van der Waals surface area contributed by atoms with Gasteiger partial charge in [-0.15, -0.1) is 0 Å². The van der Waals surface area contributed by atoms with Crippen LogP contribution < -0.4 is 5.73 Å². The van der Waals surface area contributed by atoms with Gasteiger partial charge < -0.3 is 5.73 Å². The molecule has 0 amide bonds. The molecule has 0 atom stereocenters. The molecule has 0 fully saturated rings. The van der Waals surface area contributed by atoms with E-state index in [4.69, 9.17) is 5.73 Å². The van der Waals surface area contributed by atoms with Gasteiger partial charge in [-0.1, -0.05) is 0 Å². The first kappa shape index (κ1) is 6.09. The Bertz CT molecular complexity index is 391. The second-order valence-corrected chi connectivity index (χ2v) is 2.23. The smallest absolute Gasteiger partial charge is 0.224 e. The minimum atomic E-state index is 0.373. The number of rotatable bonds is 0. The Labute approximate surface area is 62.9 Å². The SMILES string of the molecule is Cc1nc(N)n2nccc2n1. The van der Waals surface area contributed by atoms with Gasteiger partial charge in [-0.05, 0) is 6.92 Å². The van der Waals surface area contributed by atoms with Crippen LogP contribution in [0.5, 0.6) is 0 Å². The van der Waals surface area contributed by atoms with Gasteiger partial charge in [-0.25, -0.2) is 4.98 Å². The number of fused-ring (bicyclic) bond motifs is 1. The van der Waals surface area contributed by atoms with Crippen molar-refractivity contribution in [3.63, 3.8) is 0 Å². The summed E-state index contributed by atoms with van der Waals surface area (Å²) < 4.78 is 1.49. The molecule has 11 heavy (non-hydrogen) atoms. The molecule has 5 heteroatoms. The Morgan fingerprint density at radius 3 is 3.09 bits per heavy atom. The van der Waals surface area contributed by atoms with Crippen LogP contribution >= 0.6 is 0 Å². The van der Waals surface area contributed by atoms with Crippen LogP contribution in [0.2, 0.25) is 0 Å². The van der Waals surface area contributed by atoms with Gasteiger partial charge in [0.15, 0.2) is 5.65 Å². The molecule has 2 aromatic rings. The van der Waals surface area contributed by atoms with Crippen LogP contribution in [-0.4, -0.2) is 19.6 Å². The summed E-state index contributed by atoms with van der Waals surface area (Å²) in [5, 5.41) is 3.93. The molecule has 2 rings (SSSR count). The van der Waals surface area contributed by atoms with E-state index in [9.17, 15) is 0 Å². The van der Waals surface area contributed by atoms with Crippen LogP contribution in [0.25, 0.3) is 5.65 Å². The highest BCUT2D eigenvalue weighted by Gasteiger charge is 1.99. The first-order valence-corrected chi connectivity index (χ1v) is 3.21. The van der Waals surface area contributed by atoms with E-state index < -0.39 is 0 Å². The minimum Gasteiger partial charge on any atom is -0.368 e. The second kappa shape index (κ2) is 1.91. The van der Waals surface area contributed by atoms with Gasteiger partial charge in [0.2, 0.25) is 5.95 Å². The van der Waals surface area contributed by atoms with Gasteiger partial charge in [-0.3, -0.25) is 0 Å². The van der Waals surface area contributed by atoms with E-state index in [1.54, 1.807) is 19.2 Å². The van der Waals surface area contributed by atoms with E-state index in [0.717, 1.165) is 5.65 Å². The first-order chi connectivity index (χ1) is 5.27. The van der Waals surface area contributed by atoms with Gasteiger partial charge in [0.25, 0.3) is 0 Å². The molecule has 0 aromatic carbocycles. The molecule has 56 valence electrons. The Morgan fingerprint density at radius 2 is 2.27 bits per heavy atom. The summed E-state index contributed by atoms with van der Waals surface area (Å²) in [4.78, 5) is 8.05. The van der Waals surface area contributed by atoms with Crippen molar-refractivity contribution in [1.29, 1.82) is 0 Å². The quantitative estimate of drug-likeness (QED) is 0.573. The molecule has 0 aliphatic carbocycles. The van der Waals surface area contributed by atoms with Crippen molar-refractivity contribution in [3.8, 4) is 0 Å². The van der Waals surface area contributed by atoms with Crippen molar-refractivity contribution in [2.45, 2.75) is 6.92 Å². The molecule has 0 unspecified atom stereocenters. The zero-order valence-corrected chi connectivity index (χ0v) is 6.02. The lowest BCUT2D eigenvalue weighted by atomic mass is 10.6. The average molecular weight is 149 g/mol. The van der Waals surface area contributed by atoms with Gasteiger partial charge in [0.05, 0.1) is 6.20 Å². The number of nitrogens with two attached hydrogens (primary N) is 1. The summed E-state index contributed by atoms with van der Waals surface area (Å²) in [6.07, 6.45) is 1.64. The zero-order valence-electron chi connectivity index (χ0n) is 6.02. The van der Waals surface area contributed by atoms with Crippen molar-refractivity contribution in [1.82, 2.24) is 19.6 Å². The summed E-state index contributed by atoms with van der Waals surface area (Å²) >= 11 is 0. The third kappa shape index (κ3) is 0.813. The van der Waals surface area contributed by atoms with Crippen molar-refractivity contribution in [3.05, 3.63) is 18.1 Å². The molecule has 0 radical (unpaired) electrons. The van der Waals surface area contributed by atoms with Gasteiger partial charge in [-0.2, -0.15) is 14.6 Å². The van der Waals surface area contributed by atoms with E-state index in [1.807, 2.05) is 0 Å². The number of aryl methyl sites for hydroxylation is 1. The van der Waals surface area contributed by atoms with Crippen LogP contribution in [0, 0.1) is 6.92 Å². The highest BCUT2D eigenvalue weighted by atomic mass is 15.3. The number of hydrogen-bond donors (Lipinski definition) is 1. The number of hydrogen-bond acceptors (Lipinski definition) is 4. The predicted octanol–water partition coefficient (Wildman–Crippen LogP) is 0.0149. The maximum Gasteiger partial charge on any atom is 0.224 e. The van der Waals surface area contributed by atoms with Crippen LogP contribution in [0.4, 0.5) is 5.95 Å². The predicted molar refractivity (Wildman–Crippen MR) is 39.9 cm³/mol. The maximum absolute atomic E-state index is 5.55. The molecular formula is C6H7N5. The molecule has 0 bridgehead atoms. The van der Waals surface area contributed by atoms with E-state index in [-0.39, 0.29) is 0 Å². The summed E-state index contributed by atoms with van der Waals surface area (Å²) in [5.41, 5.74) is 6.28. The molecule has 0 aliphatic heterocycles. The summed E-state index contributed by atoms with van der Waals surface area (Å²) in [6, 6.07) is 1.78. The number of nitrogens with zero attached hydrogens (tertiary/aromatic N) is 4. The van der Waals surface area contributed by atoms with E-state index >= 15 is 0 Å². The molecule has 2 heterocycles. The van der Waals surface area contributed by atoms with Crippen LogP contribution in [0.3, 0.4) is 0 Å². The fourth-order valence-corrected chi connectivity index (χ4v) is 0.961. The second-order valence-electron chi connectivity index (χ2n) is 2.23. The third-order valence-electron chi connectivity index (χ3n) is 1.39. The zero-order chi connectivity index (χ0) is 7.84. The number of nitrogen functional groups attached to an aromatic ring is 1. The lowest BCUT2D eigenvalue weighted by Gasteiger charge is -1.97. The fraction of sp³-hybridized carbons (Fsp3) is 0.167. The average Bonchev–Trinajstić information content (AvgIpc) is 2.34. The highest BCUT2D eigenvalue weighted by Crippen LogP contribution is 2.02. The first-order valence-electron chi connectivity index (χ1n) is 3.21. The van der Waals surface area contributed by atoms with Crippen molar-refractivity contribution in [2.75, 3.05) is 5.73 Å². The van der Waals surface area contributed by atoms with Crippen molar-refractivity contribution >= 4 is 11.6 Å². The monoisotopic (exact) mass is 149 g/mol. The summed E-state index contributed by atoms with van der Waals surface area (Å²) in [5.74, 6) is 1.04. The van der Waals surface area contributed by atoms with Gasteiger partial charge in [0.1, 0.15) is 5.82 Å². The van der Waals surface area contributed by atoms with Crippen molar-refractivity contribution in [2.24, 2.45) is 0 Å². The highest BCUT2D eigenvalue weighted by molar-refractivity contribution is 5.40. The normalized spacial score (nSPS) is 10.6. The molecule has 2 aromatic heterocycles. The minimum absolute atomic E-state index is 0.373. The lowest BCUT2D eigenvalue weighted by molar-refractivity contribution is 0.887. The molecule has 2 N–H and O–H groups in total. The maximum atomic E-state index is 5.55. The summed E-state index contributed by atoms with van der Waals surface area (Å²) in [6.45, 7) is 1.80. The van der Waals surface area contributed by atoms with Crippen LogP contribution in [-0.2, 0) is 0 Å². The Kier molecular flexibility index (Phi) is 1.06. The van der Waals surface area contributed by atoms with Crippen molar-refractivity contribution < 1.29 is 0 Å². The largest absolute Gasteiger partial charge is 0.368 e. The molecule has 5 nitrogen and oxygen atoms in total. The Morgan fingerprint density at radius 1 is 1.45 bits per heavy atom. The number of aromatic nitrogens is 4. The van der Waals surface area contributed by atoms with Crippen LogP contribution in [0.1, 0.15) is 5.82 Å². The van der Waals surface area contributed by atoms with Crippen LogP contribution in [0.15, 0.2) is 12.3 Å². The summed E-state index contributed by atoms with van der Waals surface area (Å²) in [7, 11) is 0. The molecule has 0 spiro atoms.